The SMILES string of the molecule is CN=C(NCCc1ccccc1C)N1CCC(C)C(n2ccnc2)C1. The Balaban J connectivity index is 1.58. The molecule has 0 amide bonds. The number of nitrogens with one attached hydrogen (secondary N) is 1. The Kier molecular flexibility index (Phi) is 5.74. The van der Waals surface area contributed by atoms with Gasteiger partial charge in [-0.3, -0.25) is 4.99 Å². The molecule has 0 saturated carbocycles. The van der Waals surface area contributed by atoms with Crippen LogP contribution < -0.4 is 5.32 Å². The molecule has 5 heteroatoms. The predicted octanol–water partition coefficient (Wildman–Crippen LogP) is 2.89. The van der Waals surface area contributed by atoms with Crippen LogP contribution in [0.3, 0.4) is 0 Å². The number of rotatable bonds is 4. The average molecular weight is 339 g/mol. The maximum absolute atomic E-state index is 4.51. The zero-order valence-electron chi connectivity index (χ0n) is 15.5. The van der Waals surface area contributed by atoms with E-state index in [1.165, 1.54) is 17.5 Å². The average Bonchev–Trinajstić information content (AvgIpc) is 3.15. The van der Waals surface area contributed by atoms with E-state index in [0.717, 1.165) is 32.0 Å². The maximum atomic E-state index is 4.51. The van der Waals surface area contributed by atoms with Gasteiger partial charge in [-0.25, -0.2) is 4.98 Å². The van der Waals surface area contributed by atoms with Crippen molar-refractivity contribution in [1.82, 2.24) is 19.8 Å². The highest BCUT2D eigenvalue weighted by molar-refractivity contribution is 5.80. The molecule has 2 heterocycles. The van der Waals surface area contributed by atoms with Crippen molar-refractivity contribution in [1.29, 1.82) is 0 Å². The van der Waals surface area contributed by atoms with E-state index in [1.54, 1.807) is 0 Å². The summed E-state index contributed by atoms with van der Waals surface area (Å²) in [6, 6.07) is 9.03. The van der Waals surface area contributed by atoms with E-state index in [4.69, 9.17) is 0 Å². The lowest BCUT2D eigenvalue weighted by molar-refractivity contribution is 0.189. The zero-order valence-corrected chi connectivity index (χ0v) is 15.5. The molecule has 3 rings (SSSR count). The maximum Gasteiger partial charge on any atom is 0.193 e. The van der Waals surface area contributed by atoms with Crippen LogP contribution in [0.2, 0.25) is 0 Å². The molecular weight excluding hydrogens is 310 g/mol. The smallest absolute Gasteiger partial charge is 0.193 e. The van der Waals surface area contributed by atoms with Gasteiger partial charge < -0.3 is 14.8 Å². The minimum atomic E-state index is 0.450. The van der Waals surface area contributed by atoms with Gasteiger partial charge in [0, 0.05) is 39.1 Å². The molecule has 5 nitrogen and oxygen atoms in total. The van der Waals surface area contributed by atoms with Crippen LogP contribution in [0, 0.1) is 12.8 Å². The van der Waals surface area contributed by atoms with Crippen molar-refractivity contribution >= 4 is 5.96 Å². The molecule has 25 heavy (non-hydrogen) atoms. The fourth-order valence-corrected chi connectivity index (χ4v) is 3.63. The summed E-state index contributed by atoms with van der Waals surface area (Å²) < 4.78 is 2.23. The van der Waals surface area contributed by atoms with E-state index < -0.39 is 0 Å². The Hall–Kier alpha value is -2.30. The monoisotopic (exact) mass is 339 g/mol. The lowest BCUT2D eigenvalue weighted by Gasteiger charge is -2.39. The highest BCUT2D eigenvalue weighted by atomic mass is 15.3. The standard InChI is InChI=1S/C20H29N5/c1-16-6-4-5-7-18(16)8-10-23-20(21-3)24-12-9-17(2)19(14-24)25-13-11-22-15-25/h4-7,11,13,15,17,19H,8-10,12,14H2,1-3H3,(H,21,23). The largest absolute Gasteiger partial charge is 0.356 e. The molecule has 1 N–H and O–H groups in total. The first kappa shape index (κ1) is 17.5. The molecule has 1 aromatic carbocycles. The van der Waals surface area contributed by atoms with Crippen molar-refractivity contribution in [3.8, 4) is 0 Å². The highest BCUT2D eigenvalue weighted by Gasteiger charge is 2.28. The summed E-state index contributed by atoms with van der Waals surface area (Å²) in [5.74, 6) is 1.65. The van der Waals surface area contributed by atoms with Crippen LogP contribution in [0.15, 0.2) is 48.0 Å². The zero-order chi connectivity index (χ0) is 17.6. The fraction of sp³-hybridized carbons (Fsp3) is 0.500. The van der Waals surface area contributed by atoms with Crippen LogP contribution in [0.25, 0.3) is 0 Å². The Bertz CT molecular complexity index is 692. The summed E-state index contributed by atoms with van der Waals surface area (Å²) in [6.07, 6.45) is 8.04. The van der Waals surface area contributed by atoms with Crippen LogP contribution in [0.4, 0.5) is 0 Å². The Morgan fingerprint density at radius 2 is 2.20 bits per heavy atom. The van der Waals surface area contributed by atoms with Crippen molar-refractivity contribution in [3.63, 3.8) is 0 Å². The summed E-state index contributed by atoms with van der Waals surface area (Å²) >= 11 is 0. The predicted molar refractivity (Wildman–Crippen MR) is 103 cm³/mol. The van der Waals surface area contributed by atoms with Crippen LogP contribution in [-0.4, -0.2) is 47.1 Å². The molecular formula is C20H29N5. The van der Waals surface area contributed by atoms with Gasteiger partial charge in [-0.15, -0.1) is 0 Å². The van der Waals surface area contributed by atoms with E-state index in [0.29, 0.717) is 12.0 Å². The number of aliphatic imine (C=N–C) groups is 1. The van der Waals surface area contributed by atoms with E-state index in [9.17, 15) is 0 Å². The number of hydrogen-bond acceptors (Lipinski definition) is 2. The molecule has 0 aliphatic carbocycles. The van der Waals surface area contributed by atoms with Gasteiger partial charge in [0.15, 0.2) is 5.96 Å². The molecule has 1 aliphatic heterocycles. The van der Waals surface area contributed by atoms with Crippen LogP contribution in [0.5, 0.6) is 0 Å². The van der Waals surface area contributed by atoms with Crippen molar-refractivity contribution < 1.29 is 0 Å². The van der Waals surface area contributed by atoms with Crippen molar-refractivity contribution in [2.45, 2.75) is 32.7 Å². The number of hydrogen-bond donors (Lipinski definition) is 1. The van der Waals surface area contributed by atoms with E-state index in [1.807, 2.05) is 19.6 Å². The third-order valence-corrected chi connectivity index (χ3v) is 5.28. The minimum Gasteiger partial charge on any atom is -0.356 e. The molecule has 1 saturated heterocycles. The lowest BCUT2D eigenvalue weighted by Crippen LogP contribution is -2.49. The normalized spacial score (nSPS) is 21.4. The summed E-state index contributed by atoms with van der Waals surface area (Å²) in [7, 11) is 1.88. The molecule has 2 atom stereocenters. The van der Waals surface area contributed by atoms with Crippen LogP contribution >= 0.6 is 0 Å². The number of likely N-dealkylation sites (tertiary alicyclic amines) is 1. The van der Waals surface area contributed by atoms with Gasteiger partial charge in [0.05, 0.1) is 12.4 Å². The summed E-state index contributed by atoms with van der Waals surface area (Å²) in [5.41, 5.74) is 2.75. The third kappa shape index (κ3) is 4.21. The van der Waals surface area contributed by atoms with E-state index in [-0.39, 0.29) is 0 Å². The van der Waals surface area contributed by atoms with Gasteiger partial charge in [-0.05, 0) is 36.8 Å². The van der Waals surface area contributed by atoms with Crippen LogP contribution in [-0.2, 0) is 6.42 Å². The molecule has 2 unspecified atom stereocenters. The molecule has 0 radical (unpaired) electrons. The number of aromatic nitrogens is 2. The quantitative estimate of drug-likeness (QED) is 0.688. The van der Waals surface area contributed by atoms with Crippen molar-refractivity contribution in [2.24, 2.45) is 10.9 Å². The number of nitrogens with zero attached hydrogens (tertiary/aromatic N) is 4. The number of piperidine rings is 1. The van der Waals surface area contributed by atoms with Gasteiger partial charge in [0.25, 0.3) is 0 Å². The fourth-order valence-electron chi connectivity index (χ4n) is 3.63. The van der Waals surface area contributed by atoms with E-state index >= 15 is 0 Å². The number of aryl methyl sites for hydroxylation is 1. The highest BCUT2D eigenvalue weighted by Crippen LogP contribution is 2.27. The summed E-state index contributed by atoms with van der Waals surface area (Å²) in [5, 5.41) is 3.55. The molecule has 2 aromatic rings. The Labute approximate surface area is 150 Å². The number of imidazole rings is 1. The van der Waals surface area contributed by atoms with Gasteiger partial charge in [-0.2, -0.15) is 0 Å². The Morgan fingerprint density at radius 3 is 2.92 bits per heavy atom. The summed E-state index contributed by atoms with van der Waals surface area (Å²) in [6.45, 7) is 7.43. The first-order valence-corrected chi connectivity index (χ1v) is 9.16. The number of benzene rings is 1. The van der Waals surface area contributed by atoms with Gasteiger partial charge >= 0.3 is 0 Å². The first-order valence-electron chi connectivity index (χ1n) is 9.16. The van der Waals surface area contributed by atoms with Gasteiger partial charge in [0.2, 0.25) is 0 Å². The summed E-state index contributed by atoms with van der Waals surface area (Å²) in [4.78, 5) is 11.1. The topological polar surface area (TPSA) is 45.5 Å². The van der Waals surface area contributed by atoms with Gasteiger partial charge in [-0.1, -0.05) is 31.2 Å². The second-order valence-corrected chi connectivity index (χ2v) is 6.94. The van der Waals surface area contributed by atoms with Crippen molar-refractivity contribution in [2.75, 3.05) is 26.7 Å². The molecule has 0 spiro atoms. The molecule has 0 bridgehead atoms. The molecule has 1 fully saturated rings. The molecule has 1 aromatic heterocycles. The van der Waals surface area contributed by atoms with Crippen LogP contribution in [0.1, 0.15) is 30.5 Å². The Morgan fingerprint density at radius 1 is 1.36 bits per heavy atom. The second-order valence-electron chi connectivity index (χ2n) is 6.94. The van der Waals surface area contributed by atoms with Crippen molar-refractivity contribution in [3.05, 3.63) is 54.1 Å². The third-order valence-electron chi connectivity index (χ3n) is 5.28. The van der Waals surface area contributed by atoms with Gasteiger partial charge in [0.1, 0.15) is 0 Å². The minimum absolute atomic E-state index is 0.450. The lowest BCUT2D eigenvalue weighted by atomic mass is 9.93. The molecule has 1 aliphatic rings. The first-order chi connectivity index (χ1) is 12.2. The van der Waals surface area contributed by atoms with E-state index in [2.05, 4.69) is 69.1 Å². The number of guanidine groups is 1. The molecule has 134 valence electrons. The second kappa shape index (κ2) is 8.19.